The van der Waals surface area contributed by atoms with Crippen molar-refractivity contribution in [2.75, 3.05) is 0 Å². The van der Waals surface area contributed by atoms with Crippen molar-refractivity contribution in [2.24, 2.45) is 5.34 Å². The van der Waals surface area contributed by atoms with E-state index in [-0.39, 0.29) is 6.61 Å². The fourth-order valence-electron chi connectivity index (χ4n) is 1.26. The molecule has 0 bridgehead atoms. The van der Waals surface area contributed by atoms with E-state index < -0.39 is 0 Å². The average Bonchev–Trinajstić information content (AvgIpc) is 2.16. The van der Waals surface area contributed by atoms with Crippen molar-refractivity contribution in [1.82, 2.24) is 0 Å². The number of benzene rings is 1. The van der Waals surface area contributed by atoms with Crippen molar-refractivity contribution >= 4 is 0 Å². The largest absolute Gasteiger partial charge is 0.359 e. The molecule has 3 nitrogen and oxygen atoms in total. The summed E-state index contributed by atoms with van der Waals surface area (Å²) in [4.78, 5) is 14.1. The van der Waals surface area contributed by atoms with Crippen molar-refractivity contribution in [3.05, 3.63) is 40.3 Å². The Bertz CT molecular complexity index is 273. The van der Waals surface area contributed by atoms with Crippen LogP contribution in [0.2, 0.25) is 0 Å². The lowest BCUT2D eigenvalue weighted by molar-refractivity contribution is 0.126. The van der Waals surface area contributed by atoms with Gasteiger partial charge in [0.05, 0.1) is 0 Å². The summed E-state index contributed by atoms with van der Waals surface area (Å²) in [5, 5.41) is 2.36. The molecule has 13 heavy (non-hydrogen) atoms. The van der Waals surface area contributed by atoms with E-state index in [1.807, 2.05) is 18.2 Å². The van der Waals surface area contributed by atoms with Gasteiger partial charge in [-0.1, -0.05) is 37.6 Å². The lowest BCUT2D eigenvalue weighted by atomic mass is 10.1. The van der Waals surface area contributed by atoms with E-state index in [2.05, 4.69) is 23.2 Å². The fraction of sp³-hybridized carbons (Fsp3) is 0.400. The highest BCUT2D eigenvalue weighted by Crippen LogP contribution is 2.08. The third-order valence-electron chi connectivity index (χ3n) is 1.81. The zero-order valence-corrected chi connectivity index (χ0v) is 7.69. The summed E-state index contributed by atoms with van der Waals surface area (Å²) in [6.07, 6.45) is 2.18. The summed E-state index contributed by atoms with van der Waals surface area (Å²) in [7, 11) is 0. The minimum atomic E-state index is 0.265. The van der Waals surface area contributed by atoms with Gasteiger partial charge in [0.25, 0.3) is 0 Å². The van der Waals surface area contributed by atoms with E-state index in [1.54, 1.807) is 0 Å². The number of nitrogens with zero attached hydrogens (tertiary/aromatic N) is 1. The Kier molecular flexibility index (Phi) is 3.96. The summed E-state index contributed by atoms with van der Waals surface area (Å²) in [6.45, 7) is 2.40. The lowest BCUT2D eigenvalue weighted by Gasteiger charge is -2.01. The van der Waals surface area contributed by atoms with Crippen molar-refractivity contribution in [3.8, 4) is 0 Å². The van der Waals surface area contributed by atoms with E-state index in [9.17, 15) is 4.91 Å². The summed E-state index contributed by atoms with van der Waals surface area (Å²) >= 11 is 0. The van der Waals surface area contributed by atoms with E-state index in [4.69, 9.17) is 0 Å². The zero-order valence-electron chi connectivity index (χ0n) is 7.69. The maximum Gasteiger partial charge on any atom is 0.155 e. The van der Waals surface area contributed by atoms with Crippen LogP contribution >= 0.6 is 0 Å². The van der Waals surface area contributed by atoms with Gasteiger partial charge in [-0.3, -0.25) is 0 Å². The standard InChI is InChI=1S/C10H13NO2/c1-2-4-9-5-3-6-10(7-9)8-13-11-12/h3,5-7H,2,4,8H2,1H3. The van der Waals surface area contributed by atoms with Crippen LogP contribution in [0, 0.1) is 4.91 Å². The SMILES string of the molecule is CCCc1cccc(CON=O)c1. The van der Waals surface area contributed by atoms with E-state index in [0.717, 1.165) is 18.4 Å². The number of hydrogen-bond acceptors (Lipinski definition) is 3. The van der Waals surface area contributed by atoms with Crippen LogP contribution in [0.5, 0.6) is 0 Å². The second kappa shape index (κ2) is 5.30. The Morgan fingerprint density at radius 2 is 2.15 bits per heavy atom. The van der Waals surface area contributed by atoms with Gasteiger partial charge in [0, 0.05) is 0 Å². The van der Waals surface area contributed by atoms with Crippen LogP contribution in [-0.2, 0) is 17.9 Å². The smallest absolute Gasteiger partial charge is 0.155 e. The maximum absolute atomic E-state index is 9.72. The van der Waals surface area contributed by atoms with Gasteiger partial charge in [0.2, 0.25) is 0 Å². The molecule has 1 rings (SSSR count). The molecule has 3 heteroatoms. The Morgan fingerprint density at radius 1 is 1.38 bits per heavy atom. The molecule has 0 saturated carbocycles. The summed E-state index contributed by atoms with van der Waals surface area (Å²) in [6, 6.07) is 7.99. The predicted molar refractivity (Wildman–Crippen MR) is 51.0 cm³/mol. The molecule has 0 saturated heterocycles. The van der Waals surface area contributed by atoms with Crippen LogP contribution in [0.3, 0.4) is 0 Å². The van der Waals surface area contributed by atoms with E-state index in [1.165, 1.54) is 5.56 Å². The van der Waals surface area contributed by atoms with E-state index >= 15 is 0 Å². The van der Waals surface area contributed by atoms with Gasteiger partial charge in [0.1, 0.15) is 6.61 Å². The first-order valence-electron chi connectivity index (χ1n) is 4.39. The third-order valence-corrected chi connectivity index (χ3v) is 1.81. The molecular weight excluding hydrogens is 166 g/mol. The van der Waals surface area contributed by atoms with Crippen LogP contribution in [0.15, 0.2) is 29.6 Å². The highest BCUT2D eigenvalue weighted by Gasteiger charge is 1.95. The van der Waals surface area contributed by atoms with Crippen LogP contribution in [0.25, 0.3) is 0 Å². The normalized spacial score (nSPS) is 9.62. The molecule has 0 aliphatic carbocycles. The Labute approximate surface area is 77.7 Å². The number of hydrogen-bond donors (Lipinski definition) is 0. The molecule has 0 amide bonds. The minimum Gasteiger partial charge on any atom is -0.359 e. The molecule has 0 N–H and O–H groups in total. The van der Waals surface area contributed by atoms with Gasteiger partial charge in [-0.05, 0) is 17.5 Å². The summed E-state index contributed by atoms with van der Waals surface area (Å²) in [5.74, 6) is 0. The summed E-state index contributed by atoms with van der Waals surface area (Å²) < 4.78 is 0. The lowest BCUT2D eigenvalue weighted by Crippen LogP contribution is -1.89. The number of aryl methyl sites for hydroxylation is 1. The molecule has 0 spiro atoms. The van der Waals surface area contributed by atoms with Gasteiger partial charge in [0.15, 0.2) is 5.34 Å². The van der Waals surface area contributed by atoms with Crippen molar-refractivity contribution in [1.29, 1.82) is 0 Å². The van der Waals surface area contributed by atoms with Gasteiger partial charge in [-0.25, -0.2) is 0 Å². The highest BCUT2D eigenvalue weighted by atomic mass is 16.7. The van der Waals surface area contributed by atoms with Crippen LogP contribution in [0.4, 0.5) is 0 Å². The first-order valence-corrected chi connectivity index (χ1v) is 4.39. The monoisotopic (exact) mass is 179 g/mol. The molecule has 0 unspecified atom stereocenters. The molecule has 1 aromatic rings. The predicted octanol–water partition coefficient (Wildman–Crippen LogP) is 2.84. The van der Waals surface area contributed by atoms with Gasteiger partial charge < -0.3 is 4.84 Å². The molecular formula is C10H13NO2. The first-order chi connectivity index (χ1) is 6.36. The van der Waals surface area contributed by atoms with Crippen molar-refractivity contribution in [2.45, 2.75) is 26.4 Å². The first kappa shape index (κ1) is 9.71. The maximum atomic E-state index is 9.72. The molecule has 0 fully saturated rings. The average molecular weight is 179 g/mol. The van der Waals surface area contributed by atoms with Gasteiger partial charge in [-0.15, -0.1) is 4.91 Å². The molecule has 0 atom stereocenters. The van der Waals surface area contributed by atoms with Gasteiger partial charge >= 0.3 is 0 Å². The number of rotatable bonds is 5. The molecule has 0 aromatic heterocycles. The minimum absolute atomic E-state index is 0.265. The van der Waals surface area contributed by atoms with Crippen LogP contribution < -0.4 is 0 Å². The Morgan fingerprint density at radius 3 is 2.85 bits per heavy atom. The van der Waals surface area contributed by atoms with Gasteiger partial charge in [-0.2, -0.15) is 0 Å². The molecule has 0 radical (unpaired) electrons. The molecule has 0 heterocycles. The van der Waals surface area contributed by atoms with Crippen molar-refractivity contribution in [3.63, 3.8) is 0 Å². The summed E-state index contributed by atoms with van der Waals surface area (Å²) in [5.41, 5.74) is 2.26. The quantitative estimate of drug-likeness (QED) is 0.515. The molecule has 1 aromatic carbocycles. The van der Waals surface area contributed by atoms with E-state index in [0.29, 0.717) is 0 Å². The fourth-order valence-corrected chi connectivity index (χ4v) is 1.26. The topological polar surface area (TPSA) is 38.7 Å². The molecule has 70 valence electrons. The van der Waals surface area contributed by atoms with Crippen LogP contribution in [0.1, 0.15) is 24.5 Å². The highest BCUT2D eigenvalue weighted by molar-refractivity contribution is 5.22. The second-order valence-electron chi connectivity index (χ2n) is 2.92. The second-order valence-corrected chi connectivity index (χ2v) is 2.92. The Balaban J connectivity index is 2.61. The van der Waals surface area contributed by atoms with Crippen molar-refractivity contribution < 1.29 is 4.84 Å². The molecule has 0 aliphatic rings. The Hall–Kier alpha value is -1.38. The molecule has 0 aliphatic heterocycles. The third kappa shape index (κ3) is 3.23. The van der Waals surface area contributed by atoms with Crippen LogP contribution in [-0.4, -0.2) is 0 Å². The zero-order chi connectivity index (χ0) is 9.52.